The van der Waals surface area contributed by atoms with Crippen molar-refractivity contribution in [1.82, 2.24) is 9.97 Å². The highest BCUT2D eigenvalue weighted by molar-refractivity contribution is 6.11. The zero-order chi connectivity index (χ0) is 13.3. The van der Waals surface area contributed by atoms with Crippen LogP contribution in [0.4, 0.5) is 0 Å². The van der Waals surface area contributed by atoms with Gasteiger partial charge in [0, 0.05) is 0 Å². The first-order chi connectivity index (χ1) is 8.58. The molecule has 7 heteroatoms. The van der Waals surface area contributed by atoms with Gasteiger partial charge in [-0.25, -0.2) is 14.4 Å². The van der Waals surface area contributed by atoms with Gasteiger partial charge in [-0.2, -0.15) is 0 Å². The molecule has 0 aliphatic heterocycles. The summed E-state index contributed by atoms with van der Waals surface area (Å²) in [6.45, 7) is 0. The first kappa shape index (κ1) is 11.9. The quantitative estimate of drug-likeness (QED) is 0.752. The number of aromatic nitrogens is 2. The smallest absolute Gasteiger partial charge is 0.340 e. The molecular weight excluding hydrogens is 240 g/mol. The molecule has 0 bridgehead atoms. The summed E-state index contributed by atoms with van der Waals surface area (Å²) < 4.78 is 9.18. The van der Waals surface area contributed by atoms with Gasteiger partial charge in [0.2, 0.25) is 0 Å². The van der Waals surface area contributed by atoms with Gasteiger partial charge in [-0.15, -0.1) is 0 Å². The van der Waals surface area contributed by atoms with Gasteiger partial charge in [-0.05, 0) is 12.1 Å². The second-order valence-electron chi connectivity index (χ2n) is 3.47. The highest BCUT2D eigenvalue weighted by Crippen LogP contribution is 2.20. The van der Waals surface area contributed by atoms with Crippen LogP contribution in [0.5, 0.6) is 0 Å². The molecule has 0 radical (unpaired) electrons. The Morgan fingerprint density at radius 2 is 1.72 bits per heavy atom. The van der Waals surface area contributed by atoms with E-state index in [-0.39, 0.29) is 16.6 Å². The maximum absolute atomic E-state index is 11.7. The highest BCUT2D eigenvalue weighted by atomic mass is 16.5. The van der Waals surface area contributed by atoms with E-state index in [0.717, 1.165) is 0 Å². The molecule has 0 amide bonds. The Hall–Kier alpha value is -2.57. The highest BCUT2D eigenvalue weighted by Gasteiger charge is 2.22. The molecule has 2 rings (SSSR count). The predicted molar refractivity (Wildman–Crippen MR) is 61.6 cm³/mol. The summed E-state index contributed by atoms with van der Waals surface area (Å²) in [5.41, 5.74) is 0.160. The fourth-order valence-electron chi connectivity index (χ4n) is 1.70. The van der Waals surface area contributed by atoms with Crippen LogP contribution < -0.4 is 5.69 Å². The van der Waals surface area contributed by atoms with Crippen molar-refractivity contribution >= 4 is 23.0 Å². The van der Waals surface area contributed by atoms with E-state index in [2.05, 4.69) is 19.4 Å². The van der Waals surface area contributed by atoms with Gasteiger partial charge >= 0.3 is 17.6 Å². The fraction of sp³-hybridized carbons (Fsp3) is 0.182. The van der Waals surface area contributed by atoms with Gasteiger partial charge < -0.3 is 19.4 Å². The van der Waals surface area contributed by atoms with Gasteiger partial charge in [0.25, 0.3) is 0 Å². The summed E-state index contributed by atoms with van der Waals surface area (Å²) in [5, 5.41) is 0. The van der Waals surface area contributed by atoms with E-state index in [1.54, 1.807) is 0 Å². The van der Waals surface area contributed by atoms with Crippen molar-refractivity contribution in [3.05, 3.63) is 33.7 Å². The lowest BCUT2D eigenvalue weighted by Gasteiger charge is -2.06. The van der Waals surface area contributed by atoms with E-state index in [0.29, 0.717) is 5.52 Å². The Morgan fingerprint density at radius 1 is 1.06 bits per heavy atom. The standard InChI is InChI=1S/C11H10N2O5/c1-17-9(14)5-3-4-6-8(13-11(16)12-6)7(5)10(15)18-2/h3-4H,1-2H3,(H2,12,13,16). The Kier molecular flexibility index (Phi) is 2.88. The van der Waals surface area contributed by atoms with Crippen LogP contribution in [-0.2, 0) is 9.47 Å². The monoisotopic (exact) mass is 250 g/mol. The SMILES string of the molecule is COC(=O)c1ccc2[nH]c(=O)[nH]c2c1C(=O)OC. The predicted octanol–water partition coefficient (Wildman–Crippen LogP) is 0.429. The normalized spacial score (nSPS) is 10.3. The molecule has 0 atom stereocenters. The van der Waals surface area contributed by atoms with Crippen LogP contribution in [0.15, 0.2) is 16.9 Å². The summed E-state index contributed by atoms with van der Waals surface area (Å²) in [6.07, 6.45) is 0. The number of esters is 2. The molecule has 0 aliphatic carbocycles. The first-order valence-electron chi connectivity index (χ1n) is 5.00. The third-order valence-corrected chi connectivity index (χ3v) is 2.49. The van der Waals surface area contributed by atoms with Gasteiger partial charge in [0.1, 0.15) is 0 Å². The molecule has 2 aromatic rings. The first-order valence-corrected chi connectivity index (χ1v) is 5.00. The van der Waals surface area contributed by atoms with Gasteiger partial charge in [0.05, 0.1) is 36.4 Å². The second kappa shape index (κ2) is 4.36. The number of nitrogens with one attached hydrogen (secondary N) is 2. The largest absolute Gasteiger partial charge is 0.465 e. The van der Waals surface area contributed by atoms with Crippen molar-refractivity contribution in [2.45, 2.75) is 0 Å². The minimum Gasteiger partial charge on any atom is -0.465 e. The lowest BCUT2D eigenvalue weighted by atomic mass is 10.1. The van der Waals surface area contributed by atoms with E-state index in [9.17, 15) is 14.4 Å². The number of benzene rings is 1. The number of hydrogen-bond donors (Lipinski definition) is 2. The molecule has 1 aromatic carbocycles. The molecule has 2 N–H and O–H groups in total. The van der Waals surface area contributed by atoms with Crippen molar-refractivity contribution in [3.63, 3.8) is 0 Å². The van der Waals surface area contributed by atoms with E-state index in [4.69, 9.17) is 0 Å². The van der Waals surface area contributed by atoms with Crippen LogP contribution in [0.2, 0.25) is 0 Å². The van der Waals surface area contributed by atoms with E-state index in [1.165, 1.54) is 26.4 Å². The van der Waals surface area contributed by atoms with Crippen molar-refractivity contribution in [2.24, 2.45) is 0 Å². The molecule has 0 saturated carbocycles. The maximum Gasteiger partial charge on any atom is 0.340 e. The van der Waals surface area contributed by atoms with Crippen molar-refractivity contribution < 1.29 is 19.1 Å². The minimum absolute atomic E-state index is 0.0276. The molecule has 7 nitrogen and oxygen atoms in total. The molecule has 0 saturated heterocycles. The van der Waals surface area contributed by atoms with Gasteiger partial charge in [-0.3, -0.25) is 0 Å². The number of fused-ring (bicyclic) bond motifs is 1. The third-order valence-electron chi connectivity index (χ3n) is 2.49. The number of rotatable bonds is 2. The number of imidazole rings is 1. The summed E-state index contributed by atoms with van der Waals surface area (Å²) in [5.74, 6) is -1.41. The Bertz CT molecular complexity index is 682. The Balaban J connectivity index is 2.82. The van der Waals surface area contributed by atoms with E-state index >= 15 is 0 Å². The lowest BCUT2D eigenvalue weighted by molar-refractivity contribution is 0.0557. The zero-order valence-corrected chi connectivity index (χ0v) is 9.70. The zero-order valence-electron chi connectivity index (χ0n) is 9.70. The summed E-state index contributed by atoms with van der Waals surface area (Å²) in [6, 6.07) is 2.90. The average Bonchev–Trinajstić information content (AvgIpc) is 2.75. The average molecular weight is 250 g/mol. The van der Waals surface area contributed by atoms with Crippen LogP contribution >= 0.6 is 0 Å². The number of methoxy groups -OCH3 is 2. The van der Waals surface area contributed by atoms with Crippen molar-refractivity contribution in [1.29, 1.82) is 0 Å². The molecule has 18 heavy (non-hydrogen) atoms. The minimum atomic E-state index is -0.726. The second-order valence-corrected chi connectivity index (χ2v) is 3.47. The number of H-pyrrole nitrogens is 2. The molecule has 0 spiro atoms. The van der Waals surface area contributed by atoms with Crippen LogP contribution in [0.1, 0.15) is 20.7 Å². The summed E-state index contributed by atoms with van der Waals surface area (Å²) >= 11 is 0. The molecule has 1 aromatic heterocycles. The van der Waals surface area contributed by atoms with Crippen molar-refractivity contribution in [3.8, 4) is 0 Å². The number of carbonyl (C=O) groups excluding carboxylic acids is 2. The third kappa shape index (κ3) is 1.75. The van der Waals surface area contributed by atoms with Crippen molar-refractivity contribution in [2.75, 3.05) is 14.2 Å². The number of hydrogen-bond acceptors (Lipinski definition) is 5. The van der Waals surface area contributed by atoms with Gasteiger partial charge in [0.15, 0.2) is 0 Å². The fourth-order valence-corrected chi connectivity index (χ4v) is 1.70. The summed E-state index contributed by atoms with van der Waals surface area (Å²) in [7, 11) is 2.39. The Labute approximate surface area is 101 Å². The molecule has 94 valence electrons. The molecule has 0 unspecified atom stereocenters. The van der Waals surface area contributed by atoms with E-state index < -0.39 is 17.6 Å². The molecule has 1 heterocycles. The Morgan fingerprint density at radius 3 is 2.33 bits per heavy atom. The number of ether oxygens (including phenoxy) is 2. The van der Waals surface area contributed by atoms with E-state index in [1.807, 2.05) is 0 Å². The van der Waals surface area contributed by atoms with Gasteiger partial charge in [-0.1, -0.05) is 0 Å². The molecule has 0 aliphatic rings. The topological polar surface area (TPSA) is 101 Å². The molecule has 0 fully saturated rings. The summed E-state index contributed by atoms with van der Waals surface area (Å²) in [4.78, 5) is 39.4. The maximum atomic E-state index is 11.7. The molecular formula is C11H10N2O5. The van der Waals surface area contributed by atoms with Crippen LogP contribution in [0, 0.1) is 0 Å². The number of carbonyl (C=O) groups is 2. The number of aromatic amines is 2. The lowest BCUT2D eigenvalue weighted by Crippen LogP contribution is -2.12. The van der Waals surface area contributed by atoms with Crippen LogP contribution in [0.3, 0.4) is 0 Å². The van der Waals surface area contributed by atoms with Crippen LogP contribution in [-0.4, -0.2) is 36.1 Å². The van der Waals surface area contributed by atoms with Crippen LogP contribution in [0.25, 0.3) is 11.0 Å².